The maximum absolute atomic E-state index is 12.7. The third-order valence-electron chi connectivity index (χ3n) is 4.47. The molecule has 2 aromatic rings. The molecule has 1 heterocycles. The van der Waals surface area contributed by atoms with Crippen LogP contribution in [-0.2, 0) is 17.4 Å². The Bertz CT molecular complexity index is 950. The third-order valence-corrected chi connectivity index (χ3v) is 5.66. The van der Waals surface area contributed by atoms with Crippen molar-refractivity contribution in [1.82, 2.24) is 0 Å². The molecule has 3 rings (SSSR count). The lowest BCUT2D eigenvalue weighted by Gasteiger charge is -2.29. The number of nitrogens with zero attached hydrogens (tertiary/aromatic N) is 1. The van der Waals surface area contributed by atoms with E-state index in [4.69, 9.17) is 11.6 Å². The summed E-state index contributed by atoms with van der Waals surface area (Å²) >= 11 is 6.68. The lowest BCUT2D eigenvalue weighted by atomic mass is 10.0. The zero-order valence-electron chi connectivity index (χ0n) is 15.5. The average molecular weight is 443 g/mol. The summed E-state index contributed by atoms with van der Waals surface area (Å²) in [5.74, 6) is -0.695. The molecule has 29 heavy (non-hydrogen) atoms. The summed E-state index contributed by atoms with van der Waals surface area (Å²) in [5, 5.41) is 1.98. The standard InChI is InChI=1S/C20H18ClF3N2O2S/c1-12-4-7-17-13(9-12)3-2-8-26(17)19(28)29-11-18(27)25-16-6-5-14(10-15(16)21)20(22,23)24/h4-7,9-10H,2-3,8,11H2,1H3,(H,25,27). The van der Waals surface area contributed by atoms with Crippen LogP contribution in [0.5, 0.6) is 0 Å². The largest absolute Gasteiger partial charge is 0.416 e. The molecule has 2 aromatic carbocycles. The van der Waals surface area contributed by atoms with Gasteiger partial charge in [0.2, 0.25) is 5.91 Å². The number of anilines is 2. The fourth-order valence-corrected chi connectivity index (χ4v) is 4.00. The summed E-state index contributed by atoms with van der Waals surface area (Å²) < 4.78 is 38.1. The molecule has 1 aliphatic rings. The van der Waals surface area contributed by atoms with Crippen LogP contribution in [0.25, 0.3) is 0 Å². The molecule has 9 heteroatoms. The van der Waals surface area contributed by atoms with Crippen molar-refractivity contribution in [3.05, 3.63) is 58.1 Å². The van der Waals surface area contributed by atoms with E-state index in [2.05, 4.69) is 11.4 Å². The summed E-state index contributed by atoms with van der Waals surface area (Å²) in [7, 11) is 0. The number of thioether (sulfide) groups is 1. The highest BCUT2D eigenvalue weighted by Gasteiger charge is 2.31. The zero-order chi connectivity index (χ0) is 21.2. The molecular weight excluding hydrogens is 425 g/mol. The van der Waals surface area contributed by atoms with Crippen LogP contribution in [0.4, 0.5) is 29.3 Å². The van der Waals surface area contributed by atoms with Crippen molar-refractivity contribution in [1.29, 1.82) is 0 Å². The number of rotatable bonds is 3. The number of hydrogen-bond donors (Lipinski definition) is 1. The van der Waals surface area contributed by atoms with Gasteiger partial charge in [0, 0.05) is 12.2 Å². The molecule has 0 unspecified atom stereocenters. The Morgan fingerprint density at radius 2 is 1.97 bits per heavy atom. The lowest BCUT2D eigenvalue weighted by molar-refractivity contribution is -0.137. The fourth-order valence-electron chi connectivity index (χ4n) is 3.10. The second-order valence-electron chi connectivity index (χ2n) is 6.68. The van der Waals surface area contributed by atoms with Crippen molar-refractivity contribution in [2.24, 2.45) is 0 Å². The third kappa shape index (κ3) is 5.25. The van der Waals surface area contributed by atoms with E-state index in [-0.39, 0.29) is 21.7 Å². The Morgan fingerprint density at radius 1 is 1.21 bits per heavy atom. The molecule has 0 saturated carbocycles. The Balaban J connectivity index is 1.60. The van der Waals surface area contributed by atoms with Gasteiger partial charge in [-0.25, -0.2) is 0 Å². The number of benzene rings is 2. The van der Waals surface area contributed by atoms with Gasteiger partial charge in [0.25, 0.3) is 5.24 Å². The van der Waals surface area contributed by atoms with Crippen molar-refractivity contribution >= 4 is 45.9 Å². The number of carbonyl (C=O) groups is 2. The number of nitrogens with one attached hydrogen (secondary N) is 1. The topological polar surface area (TPSA) is 49.4 Å². The van der Waals surface area contributed by atoms with Crippen LogP contribution in [-0.4, -0.2) is 23.4 Å². The molecule has 0 spiro atoms. The number of amides is 2. The molecular formula is C20H18ClF3N2O2S. The number of carbonyl (C=O) groups excluding carboxylic acids is 2. The summed E-state index contributed by atoms with van der Waals surface area (Å²) in [6, 6.07) is 8.59. The molecule has 0 fully saturated rings. The van der Waals surface area contributed by atoms with Gasteiger partial charge < -0.3 is 10.2 Å². The molecule has 0 aliphatic carbocycles. The average Bonchev–Trinajstić information content (AvgIpc) is 2.66. The molecule has 154 valence electrons. The van der Waals surface area contributed by atoms with Crippen LogP contribution in [0.1, 0.15) is 23.1 Å². The van der Waals surface area contributed by atoms with Gasteiger partial charge in [-0.3, -0.25) is 9.59 Å². The summed E-state index contributed by atoms with van der Waals surface area (Å²) in [4.78, 5) is 26.4. The van der Waals surface area contributed by atoms with E-state index in [0.717, 1.165) is 59.6 Å². The van der Waals surface area contributed by atoms with Gasteiger partial charge in [0.05, 0.1) is 22.0 Å². The Hall–Kier alpha value is -2.19. The second kappa shape index (κ2) is 8.67. The fraction of sp³-hybridized carbons (Fsp3) is 0.300. The Kier molecular flexibility index (Phi) is 6.43. The second-order valence-corrected chi connectivity index (χ2v) is 8.02. The molecule has 0 atom stereocenters. The van der Waals surface area contributed by atoms with E-state index in [1.54, 1.807) is 4.90 Å². The Labute approximate surface area is 175 Å². The van der Waals surface area contributed by atoms with Crippen molar-refractivity contribution < 1.29 is 22.8 Å². The van der Waals surface area contributed by atoms with E-state index < -0.39 is 17.6 Å². The maximum Gasteiger partial charge on any atom is 0.416 e. The van der Waals surface area contributed by atoms with Crippen LogP contribution in [0, 0.1) is 6.92 Å². The highest BCUT2D eigenvalue weighted by atomic mass is 35.5. The van der Waals surface area contributed by atoms with Gasteiger partial charge >= 0.3 is 6.18 Å². The van der Waals surface area contributed by atoms with Crippen LogP contribution in [0.15, 0.2) is 36.4 Å². The zero-order valence-corrected chi connectivity index (χ0v) is 17.0. The number of hydrogen-bond acceptors (Lipinski definition) is 3. The van der Waals surface area contributed by atoms with Gasteiger partial charge in [-0.15, -0.1) is 0 Å². The van der Waals surface area contributed by atoms with Crippen molar-refractivity contribution in [3.63, 3.8) is 0 Å². The Morgan fingerprint density at radius 3 is 2.66 bits per heavy atom. The molecule has 1 N–H and O–H groups in total. The first-order chi connectivity index (χ1) is 13.6. The number of halogens is 4. The number of aryl methyl sites for hydroxylation is 2. The molecule has 0 saturated heterocycles. The van der Waals surface area contributed by atoms with Crippen molar-refractivity contribution in [2.75, 3.05) is 22.5 Å². The lowest BCUT2D eigenvalue weighted by Crippen LogP contribution is -2.33. The van der Waals surface area contributed by atoms with E-state index in [1.165, 1.54) is 0 Å². The minimum absolute atomic E-state index is 0.0662. The van der Waals surface area contributed by atoms with Crippen LogP contribution in [0.3, 0.4) is 0 Å². The minimum atomic E-state index is -4.52. The molecule has 1 aliphatic heterocycles. The quantitative estimate of drug-likeness (QED) is 0.642. The summed E-state index contributed by atoms with van der Waals surface area (Å²) in [5.41, 5.74) is 2.25. The molecule has 0 radical (unpaired) electrons. The molecule has 0 aromatic heterocycles. The van der Waals surface area contributed by atoms with Gasteiger partial charge in [0.1, 0.15) is 0 Å². The first kappa shape index (κ1) is 21.5. The first-order valence-corrected chi connectivity index (χ1v) is 10.2. The number of alkyl halides is 3. The van der Waals surface area contributed by atoms with E-state index in [9.17, 15) is 22.8 Å². The minimum Gasteiger partial charge on any atom is -0.324 e. The summed E-state index contributed by atoms with van der Waals surface area (Å²) in [6.45, 7) is 2.57. The first-order valence-electron chi connectivity index (χ1n) is 8.85. The SMILES string of the molecule is Cc1ccc2c(c1)CCCN2C(=O)SCC(=O)Nc1ccc(C(F)(F)F)cc1Cl. The van der Waals surface area contributed by atoms with Crippen LogP contribution < -0.4 is 10.2 Å². The molecule has 4 nitrogen and oxygen atoms in total. The molecule has 0 bridgehead atoms. The van der Waals surface area contributed by atoms with Crippen LogP contribution >= 0.6 is 23.4 Å². The van der Waals surface area contributed by atoms with E-state index in [0.29, 0.717) is 6.54 Å². The molecule has 2 amide bonds. The van der Waals surface area contributed by atoms with Crippen LogP contribution in [0.2, 0.25) is 5.02 Å². The number of fused-ring (bicyclic) bond motifs is 1. The highest BCUT2D eigenvalue weighted by molar-refractivity contribution is 8.14. The maximum atomic E-state index is 12.7. The van der Waals surface area contributed by atoms with Gasteiger partial charge in [-0.1, -0.05) is 41.1 Å². The van der Waals surface area contributed by atoms with Crippen molar-refractivity contribution in [2.45, 2.75) is 25.9 Å². The van der Waals surface area contributed by atoms with Gasteiger partial charge in [-0.2, -0.15) is 13.2 Å². The predicted octanol–water partition coefficient (Wildman–Crippen LogP) is 5.91. The normalized spacial score (nSPS) is 13.8. The van der Waals surface area contributed by atoms with Crippen molar-refractivity contribution in [3.8, 4) is 0 Å². The smallest absolute Gasteiger partial charge is 0.324 e. The van der Waals surface area contributed by atoms with Gasteiger partial charge in [0.15, 0.2) is 0 Å². The van der Waals surface area contributed by atoms with E-state index in [1.807, 2.05) is 19.1 Å². The van der Waals surface area contributed by atoms with Gasteiger partial charge in [-0.05, 0) is 49.6 Å². The van der Waals surface area contributed by atoms with E-state index >= 15 is 0 Å². The monoisotopic (exact) mass is 442 g/mol. The highest BCUT2D eigenvalue weighted by Crippen LogP contribution is 2.34. The predicted molar refractivity (Wildman–Crippen MR) is 110 cm³/mol. The summed E-state index contributed by atoms with van der Waals surface area (Å²) in [6.07, 6.45) is -2.77.